The molecule has 1 aromatic heterocycles. The van der Waals surface area contributed by atoms with E-state index in [1.165, 1.54) is 24.0 Å². The molecule has 0 saturated carbocycles. The van der Waals surface area contributed by atoms with Gasteiger partial charge in [-0.25, -0.2) is 4.98 Å². The fourth-order valence-electron chi connectivity index (χ4n) is 4.09. The lowest BCUT2D eigenvalue weighted by molar-refractivity contribution is 0.706. The summed E-state index contributed by atoms with van der Waals surface area (Å²) in [6, 6.07) is 21.3. The summed E-state index contributed by atoms with van der Waals surface area (Å²) in [5.74, 6) is 1.92. The molecule has 2 aliphatic heterocycles. The Morgan fingerprint density at radius 3 is 2.26 bits per heavy atom. The minimum atomic E-state index is 0.854. The zero-order valence-corrected chi connectivity index (χ0v) is 15.5. The first-order valence-corrected chi connectivity index (χ1v) is 9.88. The summed E-state index contributed by atoms with van der Waals surface area (Å²) in [5, 5.41) is 0. The molecule has 4 nitrogen and oxygen atoms in total. The SMILES string of the molecule is c1ccc(-c2cc(N3CCCC3)nc(N3CCc4ccccc4C3)n2)cc1. The first kappa shape index (κ1) is 16.3. The fourth-order valence-corrected chi connectivity index (χ4v) is 4.09. The van der Waals surface area contributed by atoms with Gasteiger partial charge < -0.3 is 9.80 Å². The normalized spacial score (nSPS) is 16.4. The number of fused-ring (bicyclic) bond motifs is 1. The maximum atomic E-state index is 4.98. The molecule has 2 aromatic carbocycles. The molecule has 5 rings (SSSR count). The monoisotopic (exact) mass is 356 g/mol. The Kier molecular flexibility index (Phi) is 4.24. The van der Waals surface area contributed by atoms with E-state index in [0.717, 1.165) is 55.6 Å². The first-order chi connectivity index (χ1) is 13.4. The zero-order valence-electron chi connectivity index (χ0n) is 15.5. The second-order valence-corrected chi connectivity index (χ2v) is 7.41. The van der Waals surface area contributed by atoms with Gasteiger partial charge in [-0.3, -0.25) is 0 Å². The molecule has 0 bridgehead atoms. The van der Waals surface area contributed by atoms with Crippen molar-refractivity contribution in [2.24, 2.45) is 0 Å². The number of aromatic nitrogens is 2. The summed E-state index contributed by atoms with van der Waals surface area (Å²) in [7, 11) is 0. The standard InChI is InChI=1S/C23H24N4/c1-2-9-19(10-3-1)21-16-22(26-13-6-7-14-26)25-23(24-21)27-15-12-18-8-4-5-11-20(18)17-27/h1-5,8-11,16H,6-7,12-15,17H2. The number of hydrogen-bond donors (Lipinski definition) is 0. The van der Waals surface area contributed by atoms with Crippen LogP contribution in [0.5, 0.6) is 0 Å². The highest BCUT2D eigenvalue weighted by atomic mass is 15.3. The number of benzene rings is 2. The van der Waals surface area contributed by atoms with Gasteiger partial charge in [0.05, 0.1) is 5.69 Å². The lowest BCUT2D eigenvalue weighted by Gasteiger charge is -2.30. The van der Waals surface area contributed by atoms with E-state index in [-0.39, 0.29) is 0 Å². The molecule has 4 heteroatoms. The predicted octanol–water partition coefficient (Wildman–Crippen LogP) is 4.31. The predicted molar refractivity (Wildman–Crippen MR) is 110 cm³/mol. The van der Waals surface area contributed by atoms with Gasteiger partial charge in [0.15, 0.2) is 0 Å². The van der Waals surface area contributed by atoms with Crippen molar-refractivity contribution in [1.29, 1.82) is 0 Å². The Labute approximate surface area is 160 Å². The third-order valence-corrected chi connectivity index (χ3v) is 5.61. The molecule has 27 heavy (non-hydrogen) atoms. The number of hydrogen-bond acceptors (Lipinski definition) is 4. The van der Waals surface area contributed by atoms with E-state index in [4.69, 9.17) is 9.97 Å². The molecule has 0 aliphatic carbocycles. The van der Waals surface area contributed by atoms with Crippen molar-refractivity contribution < 1.29 is 0 Å². The van der Waals surface area contributed by atoms with Gasteiger partial charge >= 0.3 is 0 Å². The molecular formula is C23H24N4. The van der Waals surface area contributed by atoms with Crippen LogP contribution < -0.4 is 9.80 Å². The van der Waals surface area contributed by atoms with Crippen LogP contribution in [0.4, 0.5) is 11.8 Å². The smallest absolute Gasteiger partial charge is 0.228 e. The molecule has 0 amide bonds. The van der Waals surface area contributed by atoms with Gasteiger partial charge in [0, 0.05) is 37.8 Å². The van der Waals surface area contributed by atoms with Gasteiger partial charge in [0.25, 0.3) is 0 Å². The lowest BCUT2D eigenvalue weighted by Crippen LogP contribution is -2.32. The van der Waals surface area contributed by atoms with Crippen molar-refractivity contribution in [3.63, 3.8) is 0 Å². The molecule has 0 N–H and O–H groups in total. The van der Waals surface area contributed by atoms with E-state index in [1.54, 1.807) is 0 Å². The van der Waals surface area contributed by atoms with Gasteiger partial charge in [-0.1, -0.05) is 54.6 Å². The minimum absolute atomic E-state index is 0.854. The Morgan fingerprint density at radius 2 is 1.44 bits per heavy atom. The largest absolute Gasteiger partial charge is 0.356 e. The van der Waals surface area contributed by atoms with E-state index < -0.39 is 0 Å². The van der Waals surface area contributed by atoms with Crippen molar-refractivity contribution in [3.05, 3.63) is 71.8 Å². The Balaban J connectivity index is 1.54. The van der Waals surface area contributed by atoms with Crippen LogP contribution in [0.1, 0.15) is 24.0 Å². The van der Waals surface area contributed by atoms with Crippen molar-refractivity contribution in [3.8, 4) is 11.3 Å². The van der Waals surface area contributed by atoms with E-state index in [2.05, 4.69) is 70.5 Å². The maximum absolute atomic E-state index is 4.98. The van der Waals surface area contributed by atoms with Crippen LogP contribution in [0.15, 0.2) is 60.7 Å². The highest BCUT2D eigenvalue weighted by molar-refractivity contribution is 5.65. The van der Waals surface area contributed by atoms with Gasteiger partial charge in [0.2, 0.25) is 5.95 Å². The molecule has 2 aliphatic rings. The number of rotatable bonds is 3. The van der Waals surface area contributed by atoms with Crippen LogP contribution >= 0.6 is 0 Å². The Hall–Kier alpha value is -2.88. The fraction of sp³-hybridized carbons (Fsp3) is 0.304. The molecule has 0 unspecified atom stereocenters. The lowest BCUT2D eigenvalue weighted by atomic mass is 10.0. The summed E-state index contributed by atoms with van der Waals surface area (Å²) in [6.45, 7) is 4.03. The van der Waals surface area contributed by atoms with Gasteiger partial charge in [-0.05, 0) is 30.4 Å². The second kappa shape index (κ2) is 7.03. The van der Waals surface area contributed by atoms with Gasteiger partial charge in [0.1, 0.15) is 5.82 Å². The molecule has 0 atom stereocenters. The topological polar surface area (TPSA) is 32.3 Å². The Bertz CT molecular complexity index is 932. The first-order valence-electron chi connectivity index (χ1n) is 9.88. The van der Waals surface area contributed by atoms with Crippen molar-refractivity contribution >= 4 is 11.8 Å². The summed E-state index contributed by atoms with van der Waals surface area (Å²) in [6.07, 6.45) is 3.54. The molecule has 1 fully saturated rings. The van der Waals surface area contributed by atoms with Crippen molar-refractivity contribution in [1.82, 2.24) is 9.97 Å². The van der Waals surface area contributed by atoms with Crippen LogP contribution in [0, 0.1) is 0 Å². The quantitative estimate of drug-likeness (QED) is 0.700. The number of anilines is 2. The highest BCUT2D eigenvalue weighted by Crippen LogP contribution is 2.29. The zero-order chi connectivity index (χ0) is 18.1. The second-order valence-electron chi connectivity index (χ2n) is 7.41. The van der Waals surface area contributed by atoms with Crippen LogP contribution in [-0.2, 0) is 13.0 Å². The maximum Gasteiger partial charge on any atom is 0.228 e. The summed E-state index contributed by atoms with van der Waals surface area (Å²) in [4.78, 5) is 14.7. The van der Waals surface area contributed by atoms with E-state index in [0.29, 0.717) is 0 Å². The highest BCUT2D eigenvalue weighted by Gasteiger charge is 2.22. The summed E-state index contributed by atoms with van der Waals surface area (Å²) in [5.41, 5.74) is 5.01. The van der Waals surface area contributed by atoms with Crippen molar-refractivity contribution in [2.45, 2.75) is 25.8 Å². The average Bonchev–Trinajstić information content (AvgIpc) is 3.29. The molecule has 136 valence electrons. The third-order valence-electron chi connectivity index (χ3n) is 5.61. The van der Waals surface area contributed by atoms with Crippen LogP contribution in [-0.4, -0.2) is 29.6 Å². The van der Waals surface area contributed by atoms with Crippen LogP contribution in [0.3, 0.4) is 0 Å². The minimum Gasteiger partial charge on any atom is -0.356 e. The molecule has 1 saturated heterocycles. The third kappa shape index (κ3) is 3.27. The van der Waals surface area contributed by atoms with E-state index >= 15 is 0 Å². The molecule has 3 heterocycles. The van der Waals surface area contributed by atoms with E-state index in [1.807, 2.05) is 0 Å². The summed E-state index contributed by atoms with van der Waals surface area (Å²) >= 11 is 0. The number of nitrogens with zero attached hydrogens (tertiary/aromatic N) is 4. The molecule has 0 spiro atoms. The van der Waals surface area contributed by atoms with E-state index in [9.17, 15) is 0 Å². The van der Waals surface area contributed by atoms with Gasteiger partial charge in [-0.2, -0.15) is 4.98 Å². The van der Waals surface area contributed by atoms with Crippen LogP contribution in [0.25, 0.3) is 11.3 Å². The van der Waals surface area contributed by atoms with Crippen LogP contribution in [0.2, 0.25) is 0 Å². The van der Waals surface area contributed by atoms with Gasteiger partial charge in [-0.15, -0.1) is 0 Å². The molecular weight excluding hydrogens is 332 g/mol. The molecule has 3 aromatic rings. The summed E-state index contributed by atoms with van der Waals surface area (Å²) < 4.78 is 0. The Morgan fingerprint density at radius 1 is 0.704 bits per heavy atom. The molecule has 0 radical (unpaired) electrons. The average molecular weight is 356 g/mol. The van der Waals surface area contributed by atoms with Crippen molar-refractivity contribution in [2.75, 3.05) is 29.4 Å².